The van der Waals surface area contributed by atoms with E-state index in [4.69, 9.17) is 0 Å². The second-order valence-electron chi connectivity index (χ2n) is 6.42. The summed E-state index contributed by atoms with van der Waals surface area (Å²) in [5.74, 6) is -0.529. The van der Waals surface area contributed by atoms with Crippen LogP contribution >= 0.6 is 0 Å². The number of hydrogen-bond acceptors (Lipinski definition) is 2. The van der Waals surface area contributed by atoms with Gasteiger partial charge in [0.25, 0.3) is 0 Å². The Bertz CT molecular complexity index is 553. The smallest absolute Gasteiger partial charge is 0.338 e. The summed E-state index contributed by atoms with van der Waals surface area (Å²) in [7, 11) is 0. The molecule has 0 bridgehead atoms. The molecule has 0 aromatic heterocycles. The van der Waals surface area contributed by atoms with Gasteiger partial charge >= 0.3 is 6.18 Å². The van der Waals surface area contributed by atoms with Gasteiger partial charge in [0.2, 0.25) is 5.91 Å². The van der Waals surface area contributed by atoms with Crippen LogP contribution in [0.4, 0.5) is 13.2 Å². The molecule has 1 heterocycles. The molecule has 1 amide bonds. The number of carbonyl (C=O) groups excluding carboxylic acids is 1. The molecule has 1 aliphatic rings. The molecule has 1 aromatic carbocycles. The maximum absolute atomic E-state index is 13.2. The molecule has 3 nitrogen and oxygen atoms in total. The number of benzene rings is 1. The minimum atomic E-state index is -4.40. The quantitative estimate of drug-likeness (QED) is 0.853. The zero-order valence-electron chi connectivity index (χ0n) is 14.2. The van der Waals surface area contributed by atoms with Crippen LogP contribution in [-0.4, -0.2) is 36.5 Å². The maximum Gasteiger partial charge on any atom is 0.416 e. The van der Waals surface area contributed by atoms with E-state index in [-0.39, 0.29) is 23.9 Å². The van der Waals surface area contributed by atoms with Crippen molar-refractivity contribution < 1.29 is 18.0 Å². The van der Waals surface area contributed by atoms with E-state index in [9.17, 15) is 18.0 Å². The van der Waals surface area contributed by atoms with Crippen LogP contribution in [0.15, 0.2) is 24.3 Å². The molecule has 1 fully saturated rings. The number of amides is 1. The molecule has 0 saturated carbocycles. The summed E-state index contributed by atoms with van der Waals surface area (Å²) in [6, 6.07) is 5.69. The molecular formula is C18H25F3N2O. The van der Waals surface area contributed by atoms with Crippen LogP contribution in [0.5, 0.6) is 0 Å². The van der Waals surface area contributed by atoms with E-state index in [1.165, 1.54) is 12.1 Å². The van der Waals surface area contributed by atoms with E-state index >= 15 is 0 Å². The Balaban J connectivity index is 2.13. The molecule has 1 N–H and O–H groups in total. The van der Waals surface area contributed by atoms with E-state index in [0.717, 1.165) is 32.0 Å². The van der Waals surface area contributed by atoms with Crippen molar-refractivity contribution in [2.75, 3.05) is 19.6 Å². The van der Waals surface area contributed by atoms with E-state index in [1.807, 2.05) is 11.8 Å². The van der Waals surface area contributed by atoms with Gasteiger partial charge in [-0.3, -0.25) is 4.79 Å². The topological polar surface area (TPSA) is 32.3 Å². The Morgan fingerprint density at radius 3 is 2.67 bits per heavy atom. The van der Waals surface area contributed by atoms with Crippen LogP contribution in [0.25, 0.3) is 0 Å². The largest absolute Gasteiger partial charge is 0.416 e. The summed E-state index contributed by atoms with van der Waals surface area (Å²) >= 11 is 0. The maximum atomic E-state index is 13.2. The molecule has 0 spiro atoms. The molecule has 1 aromatic rings. The number of nitrogens with one attached hydrogen (secondary N) is 1. The average Bonchev–Trinajstić information content (AvgIpc) is 3.05. The van der Waals surface area contributed by atoms with E-state index in [0.29, 0.717) is 6.54 Å². The van der Waals surface area contributed by atoms with Gasteiger partial charge in [-0.2, -0.15) is 13.2 Å². The third-order valence-electron chi connectivity index (χ3n) is 4.54. The summed E-state index contributed by atoms with van der Waals surface area (Å²) < 4.78 is 39.5. The minimum Gasteiger partial charge on any atom is -0.338 e. The second-order valence-corrected chi connectivity index (χ2v) is 6.42. The number of nitrogens with zero attached hydrogens (tertiary/aromatic N) is 1. The van der Waals surface area contributed by atoms with Crippen LogP contribution in [-0.2, 0) is 11.0 Å². The Morgan fingerprint density at radius 2 is 2.08 bits per heavy atom. The lowest BCUT2D eigenvalue weighted by atomic mass is 9.92. The van der Waals surface area contributed by atoms with Gasteiger partial charge in [0.15, 0.2) is 0 Å². The van der Waals surface area contributed by atoms with Gasteiger partial charge < -0.3 is 10.2 Å². The van der Waals surface area contributed by atoms with Gasteiger partial charge in [-0.15, -0.1) is 0 Å². The molecule has 24 heavy (non-hydrogen) atoms. The molecule has 2 rings (SSSR count). The molecular weight excluding hydrogens is 317 g/mol. The molecule has 1 saturated heterocycles. The minimum absolute atomic E-state index is 0.0602. The lowest BCUT2D eigenvalue weighted by molar-refractivity contribution is -0.139. The van der Waals surface area contributed by atoms with Crippen LogP contribution in [0.1, 0.15) is 50.2 Å². The molecule has 1 aliphatic heterocycles. The van der Waals surface area contributed by atoms with Crippen molar-refractivity contribution in [1.82, 2.24) is 10.2 Å². The molecule has 0 aliphatic carbocycles. The van der Waals surface area contributed by atoms with Gasteiger partial charge in [-0.05, 0) is 36.9 Å². The van der Waals surface area contributed by atoms with Gasteiger partial charge in [-0.1, -0.05) is 32.0 Å². The van der Waals surface area contributed by atoms with Gasteiger partial charge in [0.05, 0.1) is 5.56 Å². The first-order valence-electron chi connectivity index (χ1n) is 8.50. The van der Waals surface area contributed by atoms with Crippen molar-refractivity contribution >= 4 is 5.91 Å². The average molecular weight is 342 g/mol. The van der Waals surface area contributed by atoms with Crippen molar-refractivity contribution in [3.05, 3.63) is 35.4 Å². The zero-order valence-corrected chi connectivity index (χ0v) is 14.2. The first-order chi connectivity index (χ1) is 11.3. The van der Waals surface area contributed by atoms with E-state index in [1.54, 1.807) is 13.0 Å². The molecule has 2 atom stereocenters. The van der Waals surface area contributed by atoms with Crippen molar-refractivity contribution in [3.63, 3.8) is 0 Å². The van der Waals surface area contributed by atoms with Crippen LogP contribution < -0.4 is 5.32 Å². The third kappa shape index (κ3) is 4.50. The van der Waals surface area contributed by atoms with E-state index in [2.05, 4.69) is 5.32 Å². The summed E-state index contributed by atoms with van der Waals surface area (Å²) in [4.78, 5) is 14.5. The molecule has 2 unspecified atom stereocenters. The zero-order chi connectivity index (χ0) is 17.7. The molecule has 0 radical (unpaired) electrons. The first-order valence-corrected chi connectivity index (χ1v) is 8.50. The monoisotopic (exact) mass is 342 g/mol. The SMILES string of the molecule is CCCN(C(=O)CC(C)c1ccccc1C(F)(F)F)C1CCNC1. The highest BCUT2D eigenvalue weighted by Crippen LogP contribution is 2.36. The molecule has 134 valence electrons. The lowest BCUT2D eigenvalue weighted by Gasteiger charge is -2.30. The van der Waals surface area contributed by atoms with Crippen molar-refractivity contribution in [2.45, 2.75) is 51.2 Å². The second kappa shape index (κ2) is 8.01. The number of rotatable bonds is 6. The highest BCUT2D eigenvalue weighted by atomic mass is 19.4. The Morgan fingerprint density at radius 1 is 1.38 bits per heavy atom. The Labute approximate surface area is 141 Å². The highest BCUT2D eigenvalue weighted by Gasteiger charge is 2.35. The fraction of sp³-hybridized carbons (Fsp3) is 0.611. The van der Waals surface area contributed by atoms with Gasteiger partial charge in [-0.25, -0.2) is 0 Å². The van der Waals surface area contributed by atoms with Crippen LogP contribution in [0.2, 0.25) is 0 Å². The van der Waals surface area contributed by atoms with Gasteiger partial charge in [0, 0.05) is 25.6 Å². The van der Waals surface area contributed by atoms with Crippen molar-refractivity contribution in [3.8, 4) is 0 Å². The third-order valence-corrected chi connectivity index (χ3v) is 4.54. The summed E-state index contributed by atoms with van der Waals surface area (Å²) in [5.41, 5.74) is -0.450. The molecule has 6 heteroatoms. The first kappa shape index (κ1) is 18.8. The van der Waals surface area contributed by atoms with Crippen LogP contribution in [0, 0.1) is 0 Å². The van der Waals surface area contributed by atoms with Crippen molar-refractivity contribution in [1.29, 1.82) is 0 Å². The summed E-state index contributed by atoms with van der Waals surface area (Å²) in [6.45, 7) is 5.99. The Kier molecular flexibility index (Phi) is 6.27. The predicted molar refractivity (Wildman–Crippen MR) is 87.8 cm³/mol. The standard InChI is InChI=1S/C18H25F3N2O/c1-3-10-23(14-8-9-22-12-14)17(24)11-13(2)15-6-4-5-7-16(15)18(19,20)21/h4-7,13-14,22H,3,8-12H2,1-2H3. The highest BCUT2D eigenvalue weighted by molar-refractivity contribution is 5.77. The fourth-order valence-corrected chi connectivity index (χ4v) is 3.33. The number of alkyl halides is 3. The number of carbonyl (C=O) groups is 1. The number of halogens is 3. The Hall–Kier alpha value is -1.56. The fourth-order valence-electron chi connectivity index (χ4n) is 3.33. The predicted octanol–water partition coefficient (Wildman–Crippen LogP) is 3.80. The van der Waals surface area contributed by atoms with Crippen molar-refractivity contribution in [2.24, 2.45) is 0 Å². The number of hydrogen-bond donors (Lipinski definition) is 1. The normalized spacial score (nSPS) is 19.3. The van der Waals surface area contributed by atoms with E-state index < -0.39 is 17.7 Å². The van der Waals surface area contributed by atoms with Crippen LogP contribution in [0.3, 0.4) is 0 Å². The summed E-state index contributed by atoms with van der Waals surface area (Å²) in [6.07, 6.45) is -2.55. The summed E-state index contributed by atoms with van der Waals surface area (Å²) in [5, 5.41) is 3.24. The lowest BCUT2D eigenvalue weighted by Crippen LogP contribution is -2.42. The van der Waals surface area contributed by atoms with Gasteiger partial charge in [0.1, 0.15) is 0 Å².